The Morgan fingerprint density at radius 3 is 2.87 bits per heavy atom. The quantitative estimate of drug-likeness (QED) is 0.846. The lowest BCUT2D eigenvalue weighted by atomic mass is 10.1. The second kappa shape index (κ2) is 3.67. The van der Waals surface area contributed by atoms with Gasteiger partial charge in [-0.25, -0.2) is 0 Å². The third kappa shape index (κ3) is 2.02. The van der Waals surface area contributed by atoms with Gasteiger partial charge < -0.3 is 5.32 Å². The first-order valence-electron chi connectivity index (χ1n) is 4.91. The molecule has 0 radical (unpaired) electrons. The zero-order valence-corrected chi connectivity index (χ0v) is 9.36. The molecule has 1 aromatic rings. The number of carbonyl (C=O) groups excluding carboxylic acids is 1. The molecular formula is C11H12N2OS. The maximum absolute atomic E-state index is 11.6. The molecule has 1 heterocycles. The van der Waals surface area contributed by atoms with Gasteiger partial charge >= 0.3 is 0 Å². The van der Waals surface area contributed by atoms with E-state index < -0.39 is 5.41 Å². The summed E-state index contributed by atoms with van der Waals surface area (Å²) < 4.78 is 0. The van der Waals surface area contributed by atoms with Crippen molar-refractivity contribution in [2.45, 2.75) is 26.3 Å². The number of hydrogen-bond acceptors (Lipinski definition) is 3. The van der Waals surface area contributed by atoms with Crippen LogP contribution in [0.15, 0.2) is 12.1 Å². The van der Waals surface area contributed by atoms with E-state index in [1.54, 1.807) is 11.3 Å². The van der Waals surface area contributed by atoms with Crippen LogP contribution in [0.2, 0.25) is 0 Å². The maximum Gasteiger partial charge on any atom is 0.240 e. The standard InChI is InChI=1S/C11H12N2OS/c1-8-2-3-9(15-8)6-13-10(14)11(7-12)4-5-11/h2-3H,4-6H2,1H3,(H,13,14). The molecule has 1 aromatic heterocycles. The molecular weight excluding hydrogens is 208 g/mol. The van der Waals surface area contributed by atoms with Crippen molar-refractivity contribution in [3.63, 3.8) is 0 Å². The second-order valence-electron chi connectivity index (χ2n) is 3.89. The van der Waals surface area contributed by atoms with E-state index in [-0.39, 0.29) is 5.91 Å². The van der Waals surface area contributed by atoms with Gasteiger partial charge in [0.1, 0.15) is 5.41 Å². The summed E-state index contributed by atoms with van der Waals surface area (Å²) in [5.41, 5.74) is -0.702. The van der Waals surface area contributed by atoms with Gasteiger partial charge in [-0.05, 0) is 31.9 Å². The first kappa shape index (κ1) is 10.2. The molecule has 1 saturated carbocycles. The first-order valence-corrected chi connectivity index (χ1v) is 5.73. The third-order valence-corrected chi connectivity index (χ3v) is 3.62. The molecule has 3 nitrogen and oxygen atoms in total. The number of aryl methyl sites for hydroxylation is 1. The lowest BCUT2D eigenvalue weighted by Crippen LogP contribution is -2.30. The van der Waals surface area contributed by atoms with Crippen LogP contribution in [0, 0.1) is 23.7 Å². The Kier molecular flexibility index (Phi) is 2.49. The van der Waals surface area contributed by atoms with E-state index in [1.807, 2.05) is 19.1 Å². The average molecular weight is 220 g/mol. The van der Waals surface area contributed by atoms with Gasteiger partial charge in [-0.2, -0.15) is 5.26 Å². The van der Waals surface area contributed by atoms with Crippen molar-refractivity contribution in [3.05, 3.63) is 21.9 Å². The van der Waals surface area contributed by atoms with Crippen LogP contribution in [0.4, 0.5) is 0 Å². The lowest BCUT2D eigenvalue weighted by Gasteiger charge is -2.06. The Bertz CT molecular complexity index is 426. The fourth-order valence-corrected chi connectivity index (χ4v) is 2.26. The van der Waals surface area contributed by atoms with Crippen molar-refractivity contribution in [2.24, 2.45) is 5.41 Å². The molecule has 4 heteroatoms. The summed E-state index contributed by atoms with van der Waals surface area (Å²) in [5.74, 6) is -0.115. The van der Waals surface area contributed by atoms with E-state index in [0.717, 1.165) is 4.88 Å². The summed E-state index contributed by atoms with van der Waals surface area (Å²) in [4.78, 5) is 14.0. The van der Waals surface area contributed by atoms with Gasteiger partial charge in [0.05, 0.1) is 12.6 Å². The second-order valence-corrected chi connectivity index (χ2v) is 5.26. The number of nitrogens with zero attached hydrogens (tertiary/aromatic N) is 1. The number of nitrogens with one attached hydrogen (secondary N) is 1. The minimum absolute atomic E-state index is 0.115. The Morgan fingerprint density at radius 1 is 1.67 bits per heavy atom. The molecule has 0 aromatic carbocycles. The van der Waals surface area contributed by atoms with E-state index in [1.165, 1.54) is 4.88 Å². The molecule has 15 heavy (non-hydrogen) atoms. The smallest absolute Gasteiger partial charge is 0.240 e. The molecule has 1 aliphatic carbocycles. The summed E-state index contributed by atoms with van der Waals surface area (Å²) in [6.07, 6.45) is 1.41. The molecule has 78 valence electrons. The van der Waals surface area contributed by atoms with Gasteiger partial charge in [-0.3, -0.25) is 4.79 Å². The normalized spacial score (nSPS) is 16.8. The SMILES string of the molecule is Cc1ccc(CNC(=O)C2(C#N)CC2)s1. The Hall–Kier alpha value is -1.34. The van der Waals surface area contributed by atoms with Crippen LogP contribution in [0.1, 0.15) is 22.6 Å². The van der Waals surface area contributed by atoms with Gasteiger partial charge in [0.2, 0.25) is 5.91 Å². The number of rotatable bonds is 3. The van der Waals surface area contributed by atoms with E-state index in [9.17, 15) is 4.79 Å². The van der Waals surface area contributed by atoms with E-state index in [0.29, 0.717) is 19.4 Å². The molecule has 1 aliphatic rings. The monoisotopic (exact) mass is 220 g/mol. The minimum atomic E-state index is -0.702. The van der Waals surface area contributed by atoms with E-state index in [2.05, 4.69) is 11.4 Å². The Balaban J connectivity index is 1.89. The van der Waals surface area contributed by atoms with Gasteiger partial charge in [0, 0.05) is 9.75 Å². The number of nitriles is 1. The van der Waals surface area contributed by atoms with E-state index >= 15 is 0 Å². The van der Waals surface area contributed by atoms with Crippen LogP contribution >= 0.6 is 11.3 Å². The van der Waals surface area contributed by atoms with Gasteiger partial charge in [0.25, 0.3) is 0 Å². The van der Waals surface area contributed by atoms with Gasteiger partial charge in [-0.15, -0.1) is 11.3 Å². The van der Waals surface area contributed by atoms with Crippen molar-refractivity contribution in [2.75, 3.05) is 0 Å². The number of carbonyl (C=O) groups is 1. The summed E-state index contributed by atoms with van der Waals surface area (Å²) in [5, 5.41) is 11.6. The van der Waals surface area contributed by atoms with Crippen molar-refractivity contribution in [1.82, 2.24) is 5.32 Å². The van der Waals surface area contributed by atoms with Crippen LogP contribution in [0.25, 0.3) is 0 Å². The van der Waals surface area contributed by atoms with Crippen LogP contribution in [0.5, 0.6) is 0 Å². The predicted molar refractivity (Wildman–Crippen MR) is 58.2 cm³/mol. The Morgan fingerprint density at radius 2 is 2.40 bits per heavy atom. The first-order chi connectivity index (χ1) is 7.16. The fourth-order valence-electron chi connectivity index (χ4n) is 1.43. The lowest BCUT2D eigenvalue weighted by molar-refractivity contribution is -0.124. The highest BCUT2D eigenvalue weighted by atomic mass is 32.1. The zero-order chi connectivity index (χ0) is 10.9. The number of thiophene rings is 1. The molecule has 0 spiro atoms. The summed E-state index contributed by atoms with van der Waals surface area (Å²) in [6.45, 7) is 2.58. The summed E-state index contributed by atoms with van der Waals surface area (Å²) in [7, 11) is 0. The summed E-state index contributed by atoms with van der Waals surface area (Å²) in [6, 6.07) is 6.12. The highest BCUT2D eigenvalue weighted by molar-refractivity contribution is 7.11. The molecule has 1 amide bonds. The van der Waals surface area contributed by atoms with Crippen LogP contribution in [-0.4, -0.2) is 5.91 Å². The molecule has 0 unspecified atom stereocenters. The molecule has 2 rings (SSSR count). The van der Waals surface area contributed by atoms with Crippen LogP contribution in [-0.2, 0) is 11.3 Å². The highest BCUT2D eigenvalue weighted by Gasteiger charge is 2.50. The van der Waals surface area contributed by atoms with Crippen molar-refractivity contribution >= 4 is 17.2 Å². The maximum atomic E-state index is 11.6. The number of hydrogen-bond donors (Lipinski definition) is 1. The molecule has 0 bridgehead atoms. The van der Waals surface area contributed by atoms with E-state index in [4.69, 9.17) is 5.26 Å². The summed E-state index contributed by atoms with van der Waals surface area (Å²) >= 11 is 1.67. The molecule has 1 N–H and O–H groups in total. The zero-order valence-electron chi connectivity index (χ0n) is 8.54. The topological polar surface area (TPSA) is 52.9 Å². The van der Waals surface area contributed by atoms with Crippen molar-refractivity contribution in [1.29, 1.82) is 5.26 Å². The van der Waals surface area contributed by atoms with Crippen molar-refractivity contribution < 1.29 is 4.79 Å². The minimum Gasteiger partial charge on any atom is -0.350 e. The fraction of sp³-hybridized carbons (Fsp3) is 0.455. The van der Waals surface area contributed by atoms with Gasteiger partial charge in [0.15, 0.2) is 0 Å². The average Bonchev–Trinajstić information content (AvgIpc) is 2.93. The van der Waals surface area contributed by atoms with Crippen LogP contribution < -0.4 is 5.32 Å². The highest BCUT2D eigenvalue weighted by Crippen LogP contribution is 2.45. The third-order valence-electron chi connectivity index (χ3n) is 2.62. The molecule has 1 fully saturated rings. The molecule has 0 atom stereocenters. The largest absolute Gasteiger partial charge is 0.350 e. The molecule has 0 aliphatic heterocycles. The molecule has 0 saturated heterocycles. The number of amides is 1. The predicted octanol–water partition coefficient (Wildman–Crippen LogP) is 1.98. The van der Waals surface area contributed by atoms with Crippen molar-refractivity contribution in [3.8, 4) is 6.07 Å². The van der Waals surface area contributed by atoms with Gasteiger partial charge in [-0.1, -0.05) is 0 Å². The van der Waals surface area contributed by atoms with Crippen LogP contribution in [0.3, 0.4) is 0 Å². The Labute approximate surface area is 92.7 Å².